The Bertz CT molecular complexity index is 896. The van der Waals surface area contributed by atoms with Crippen molar-refractivity contribution in [1.82, 2.24) is 4.98 Å². The summed E-state index contributed by atoms with van der Waals surface area (Å²) < 4.78 is 40.5. The normalized spacial score (nSPS) is 11.0. The molecule has 0 atom stereocenters. The van der Waals surface area contributed by atoms with E-state index in [0.29, 0.717) is 12.8 Å². The van der Waals surface area contributed by atoms with E-state index in [-0.39, 0.29) is 23.7 Å². The summed E-state index contributed by atoms with van der Waals surface area (Å²) in [5.74, 6) is -0.708. The van der Waals surface area contributed by atoms with Crippen LogP contribution in [0.1, 0.15) is 21.8 Å². The fourth-order valence-corrected chi connectivity index (χ4v) is 3.50. The molecule has 27 heavy (non-hydrogen) atoms. The van der Waals surface area contributed by atoms with E-state index in [1.165, 1.54) is 25.3 Å². The number of carbonyl (C=O) groups is 1. The lowest BCUT2D eigenvalue weighted by Gasteiger charge is -2.11. The minimum atomic E-state index is -3.01. The van der Waals surface area contributed by atoms with Crippen LogP contribution >= 0.6 is 11.3 Å². The molecule has 0 N–H and O–H groups in total. The Morgan fingerprint density at radius 1 is 1.19 bits per heavy atom. The average molecular weight is 393 g/mol. The molecular formula is C19H17F2NO4S. The van der Waals surface area contributed by atoms with Gasteiger partial charge in [0.15, 0.2) is 11.5 Å². The standard InChI is InChI=1S/C19H17F2NO4S/c1-24-14-9-8-12(11-15(14)26-19(20)21)18(23)25-10-4-7-17-22-13-5-2-3-6-16(13)27-17/h2-3,5-6,8-9,11,19H,4,7,10H2,1H3. The van der Waals surface area contributed by atoms with Crippen molar-refractivity contribution >= 4 is 27.5 Å². The van der Waals surface area contributed by atoms with Crippen molar-refractivity contribution in [3.63, 3.8) is 0 Å². The van der Waals surface area contributed by atoms with Crippen LogP contribution in [0.4, 0.5) is 8.78 Å². The van der Waals surface area contributed by atoms with E-state index < -0.39 is 12.6 Å². The summed E-state index contributed by atoms with van der Waals surface area (Å²) >= 11 is 1.61. The smallest absolute Gasteiger partial charge is 0.387 e. The summed E-state index contributed by atoms with van der Waals surface area (Å²) in [5.41, 5.74) is 1.07. The molecule has 0 bridgehead atoms. The summed E-state index contributed by atoms with van der Waals surface area (Å²) in [6.07, 6.45) is 1.30. The lowest BCUT2D eigenvalue weighted by Crippen LogP contribution is -2.09. The molecule has 5 nitrogen and oxygen atoms in total. The second-order valence-corrected chi connectivity index (χ2v) is 6.67. The second-order valence-electron chi connectivity index (χ2n) is 5.56. The number of aryl methyl sites for hydroxylation is 1. The number of methoxy groups -OCH3 is 1. The number of hydrogen-bond donors (Lipinski definition) is 0. The molecule has 0 aliphatic heterocycles. The first-order valence-electron chi connectivity index (χ1n) is 8.21. The van der Waals surface area contributed by atoms with Crippen LogP contribution in [0, 0.1) is 0 Å². The van der Waals surface area contributed by atoms with Gasteiger partial charge in [-0.2, -0.15) is 8.78 Å². The fourth-order valence-electron chi connectivity index (χ4n) is 2.49. The molecule has 0 unspecified atom stereocenters. The number of halogens is 2. The number of esters is 1. The molecule has 0 radical (unpaired) electrons. The number of para-hydroxylation sites is 1. The Morgan fingerprint density at radius 3 is 2.74 bits per heavy atom. The fraction of sp³-hybridized carbons (Fsp3) is 0.263. The molecule has 0 saturated carbocycles. The molecule has 3 rings (SSSR count). The average Bonchev–Trinajstić information content (AvgIpc) is 3.07. The van der Waals surface area contributed by atoms with Gasteiger partial charge < -0.3 is 14.2 Å². The number of thiazole rings is 1. The zero-order chi connectivity index (χ0) is 19.2. The van der Waals surface area contributed by atoms with Crippen LogP contribution in [0.25, 0.3) is 10.2 Å². The van der Waals surface area contributed by atoms with E-state index in [9.17, 15) is 13.6 Å². The van der Waals surface area contributed by atoms with Crippen LogP contribution in [0.15, 0.2) is 42.5 Å². The lowest BCUT2D eigenvalue weighted by atomic mass is 10.2. The van der Waals surface area contributed by atoms with E-state index in [4.69, 9.17) is 9.47 Å². The molecular weight excluding hydrogens is 376 g/mol. The quantitative estimate of drug-likeness (QED) is 0.410. The van der Waals surface area contributed by atoms with Crippen molar-refractivity contribution in [1.29, 1.82) is 0 Å². The first kappa shape index (κ1) is 19.0. The topological polar surface area (TPSA) is 57.7 Å². The van der Waals surface area contributed by atoms with Crippen LogP contribution in [-0.2, 0) is 11.2 Å². The van der Waals surface area contributed by atoms with Crippen LogP contribution in [0.3, 0.4) is 0 Å². The van der Waals surface area contributed by atoms with Gasteiger partial charge in [-0.3, -0.25) is 0 Å². The van der Waals surface area contributed by atoms with Crippen LogP contribution < -0.4 is 9.47 Å². The summed E-state index contributed by atoms with van der Waals surface area (Å²) in [5, 5.41) is 0.976. The highest BCUT2D eigenvalue weighted by Crippen LogP contribution is 2.29. The molecule has 8 heteroatoms. The first-order chi connectivity index (χ1) is 13.1. The van der Waals surface area contributed by atoms with E-state index in [2.05, 4.69) is 9.72 Å². The minimum absolute atomic E-state index is 0.114. The van der Waals surface area contributed by atoms with Crippen LogP contribution in [-0.4, -0.2) is 31.3 Å². The SMILES string of the molecule is COc1ccc(C(=O)OCCCc2nc3ccccc3s2)cc1OC(F)F. The van der Waals surface area contributed by atoms with Crippen molar-refractivity contribution in [2.24, 2.45) is 0 Å². The number of ether oxygens (including phenoxy) is 3. The van der Waals surface area contributed by atoms with Gasteiger partial charge >= 0.3 is 12.6 Å². The van der Waals surface area contributed by atoms with Gasteiger partial charge in [0.2, 0.25) is 0 Å². The van der Waals surface area contributed by atoms with Gasteiger partial charge in [-0.1, -0.05) is 12.1 Å². The Kier molecular flexibility index (Phi) is 6.18. The van der Waals surface area contributed by atoms with Crippen molar-refractivity contribution in [3.8, 4) is 11.5 Å². The molecule has 2 aromatic carbocycles. The highest BCUT2D eigenvalue weighted by Gasteiger charge is 2.15. The van der Waals surface area contributed by atoms with Gasteiger partial charge in [0.1, 0.15) is 0 Å². The Labute approximate surface area is 158 Å². The van der Waals surface area contributed by atoms with Gasteiger partial charge in [0.25, 0.3) is 0 Å². The third-order valence-electron chi connectivity index (χ3n) is 3.72. The van der Waals surface area contributed by atoms with Crippen LogP contribution in [0.5, 0.6) is 11.5 Å². The van der Waals surface area contributed by atoms with Gasteiger partial charge in [0, 0.05) is 6.42 Å². The summed E-state index contributed by atoms with van der Waals surface area (Å²) in [4.78, 5) is 16.6. The molecule has 1 heterocycles. The van der Waals surface area contributed by atoms with Gasteiger partial charge in [-0.25, -0.2) is 9.78 Å². The number of aromatic nitrogens is 1. The number of hydrogen-bond acceptors (Lipinski definition) is 6. The molecule has 0 aliphatic carbocycles. The number of alkyl halides is 2. The Hall–Kier alpha value is -2.74. The molecule has 0 fully saturated rings. The second kappa shape index (κ2) is 8.77. The summed E-state index contributed by atoms with van der Waals surface area (Å²) in [7, 11) is 1.33. The number of fused-ring (bicyclic) bond motifs is 1. The Morgan fingerprint density at radius 2 is 2.00 bits per heavy atom. The van der Waals surface area contributed by atoms with E-state index in [1.54, 1.807) is 11.3 Å². The van der Waals surface area contributed by atoms with Gasteiger partial charge in [-0.15, -0.1) is 11.3 Å². The predicted octanol–water partition coefficient (Wildman–Crippen LogP) is 4.70. The molecule has 142 valence electrons. The largest absolute Gasteiger partial charge is 0.493 e. The van der Waals surface area contributed by atoms with Crippen molar-refractivity contribution in [2.45, 2.75) is 19.5 Å². The van der Waals surface area contributed by atoms with Gasteiger partial charge in [0.05, 0.1) is 34.5 Å². The van der Waals surface area contributed by atoms with Gasteiger partial charge in [-0.05, 0) is 36.8 Å². The number of benzene rings is 2. The first-order valence-corrected chi connectivity index (χ1v) is 9.03. The minimum Gasteiger partial charge on any atom is -0.493 e. The molecule has 0 saturated heterocycles. The zero-order valence-corrected chi connectivity index (χ0v) is 15.3. The van der Waals surface area contributed by atoms with E-state index >= 15 is 0 Å². The number of carbonyl (C=O) groups excluding carboxylic acids is 1. The molecule has 0 amide bonds. The lowest BCUT2D eigenvalue weighted by molar-refractivity contribution is -0.0513. The van der Waals surface area contributed by atoms with E-state index in [1.807, 2.05) is 24.3 Å². The van der Waals surface area contributed by atoms with Crippen molar-refractivity contribution < 1.29 is 27.8 Å². The van der Waals surface area contributed by atoms with Crippen LogP contribution in [0.2, 0.25) is 0 Å². The summed E-state index contributed by atoms with van der Waals surface area (Å²) in [6, 6.07) is 11.9. The monoisotopic (exact) mass is 393 g/mol. The highest BCUT2D eigenvalue weighted by molar-refractivity contribution is 7.18. The third-order valence-corrected chi connectivity index (χ3v) is 4.82. The number of rotatable bonds is 8. The maximum Gasteiger partial charge on any atom is 0.387 e. The number of nitrogens with zero attached hydrogens (tertiary/aromatic N) is 1. The maximum absolute atomic E-state index is 12.5. The zero-order valence-electron chi connectivity index (χ0n) is 14.5. The highest BCUT2D eigenvalue weighted by atomic mass is 32.1. The summed E-state index contributed by atoms with van der Waals surface area (Å²) in [6.45, 7) is -2.81. The molecule has 3 aromatic rings. The predicted molar refractivity (Wildman–Crippen MR) is 97.8 cm³/mol. The van der Waals surface area contributed by atoms with Crippen molar-refractivity contribution in [2.75, 3.05) is 13.7 Å². The maximum atomic E-state index is 12.5. The molecule has 0 aliphatic rings. The molecule has 0 spiro atoms. The third kappa shape index (κ3) is 4.91. The van der Waals surface area contributed by atoms with E-state index in [0.717, 1.165) is 15.2 Å². The Balaban J connectivity index is 1.54. The molecule has 1 aromatic heterocycles. The van der Waals surface area contributed by atoms with Crippen molar-refractivity contribution in [3.05, 3.63) is 53.0 Å².